The lowest BCUT2D eigenvalue weighted by Gasteiger charge is -2.24. The number of para-hydroxylation sites is 2. The Morgan fingerprint density at radius 3 is 2.62 bits per heavy atom. The molecule has 1 aliphatic heterocycles. The Morgan fingerprint density at radius 2 is 1.92 bits per heavy atom. The smallest absolute Gasteiger partial charge is 0.284 e. The van der Waals surface area contributed by atoms with Gasteiger partial charge in [0.15, 0.2) is 11.5 Å². The monoisotopic (exact) mass is 345 g/mol. The number of carboxylic acids is 1. The molecule has 1 aromatic carbocycles. The SMILES string of the molecule is C/C(=N/NC(=O)[C@H]1COc2ccccc2O1)c1ccc(C(=O)[O-])s1. The topological polar surface area (TPSA) is 100 Å². The average Bonchev–Trinajstić information content (AvgIpc) is 3.09. The molecule has 0 saturated carbocycles. The van der Waals surface area contributed by atoms with Gasteiger partial charge in [-0.15, -0.1) is 11.3 Å². The number of carbonyl (C=O) groups excluding carboxylic acids is 2. The summed E-state index contributed by atoms with van der Waals surface area (Å²) in [6.07, 6.45) is -0.807. The van der Waals surface area contributed by atoms with Crippen LogP contribution in [0.5, 0.6) is 11.5 Å². The first kappa shape index (κ1) is 16.0. The summed E-state index contributed by atoms with van der Waals surface area (Å²) < 4.78 is 11.1. The molecule has 24 heavy (non-hydrogen) atoms. The number of amides is 1. The van der Waals surface area contributed by atoms with Gasteiger partial charge in [0.2, 0.25) is 6.10 Å². The number of nitrogens with one attached hydrogen (secondary N) is 1. The maximum atomic E-state index is 12.1. The number of fused-ring (bicyclic) bond motifs is 1. The van der Waals surface area contributed by atoms with Gasteiger partial charge in [-0.2, -0.15) is 5.10 Å². The summed E-state index contributed by atoms with van der Waals surface area (Å²) in [7, 11) is 0. The summed E-state index contributed by atoms with van der Waals surface area (Å²) in [6.45, 7) is 1.75. The van der Waals surface area contributed by atoms with Gasteiger partial charge >= 0.3 is 0 Å². The third kappa shape index (κ3) is 3.38. The van der Waals surface area contributed by atoms with Crippen molar-refractivity contribution < 1.29 is 24.2 Å². The molecule has 0 bridgehead atoms. The van der Waals surface area contributed by atoms with E-state index in [2.05, 4.69) is 10.5 Å². The van der Waals surface area contributed by atoms with Gasteiger partial charge in [-0.1, -0.05) is 12.1 Å². The third-order valence-corrected chi connectivity index (χ3v) is 4.47. The molecular formula is C16H13N2O5S-. The molecule has 1 atom stereocenters. The fraction of sp³-hybridized carbons (Fsp3) is 0.188. The maximum Gasteiger partial charge on any atom is 0.284 e. The molecule has 0 saturated heterocycles. The quantitative estimate of drug-likeness (QED) is 0.652. The summed E-state index contributed by atoms with van der Waals surface area (Å²) in [5.41, 5.74) is 2.89. The highest BCUT2D eigenvalue weighted by molar-refractivity contribution is 7.15. The number of aromatic carboxylic acids is 1. The van der Waals surface area contributed by atoms with Crippen molar-refractivity contribution in [2.75, 3.05) is 6.61 Å². The number of rotatable bonds is 4. The fourth-order valence-electron chi connectivity index (χ4n) is 2.06. The average molecular weight is 345 g/mol. The zero-order valence-electron chi connectivity index (χ0n) is 12.6. The number of nitrogens with zero attached hydrogens (tertiary/aromatic N) is 1. The van der Waals surface area contributed by atoms with Crippen molar-refractivity contribution in [2.45, 2.75) is 13.0 Å². The zero-order valence-corrected chi connectivity index (χ0v) is 13.5. The molecule has 1 aromatic heterocycles. The summed E-state index contributed by atoms with van der Waals surface area (Å²) >= 11 is 1.03. The molecule has 1 N–H and O–H groups in total. The van der Waals surface area contributed by atoms with Crippen LogP contribution in [0.15, 0.2) is 41.5 Å². The van der Waals surface area contributed by atoms with Gasteiger partial charge in [0.25, 0.3) is 5.91 Å². The predicted octanol–water partition coefficient (Wildman–Crippen LogP) is 0.792. The minimum atomic E-state index is -1.24. The van der Waals surface area contributed by atoms with E-state index in [9.17, 15) is 14.7 Å². The Morgan fingerprint density at radius 1 is 1.21 bits per heavy atom. The summed E-state index contributed by atoms with van der Waals surface area (Å²) in [5, 5.41) is 14.7. The summed E-state index contributed by atoms with van der Waals surface area (Å²) in [6, 6.07) is 10.1. The molecule has 1 amide bonds. The Labute approximate surface area is 141 Å². The van der Waals surface area contributed by atoms with Gasteiger partial charge in [0.05, 0.1) is 21.4 Å². The molecule has 124 valence electrons. The minimum Gasteiger partial charge on any atom is -0.544 e. The molecular weight excluding hydrogens is 332 g/mol. The van der Waals surface area contributed by atoms with Crippen LogP contribution in [-0.2, 0) is 4.79 Å². The number of benzene rings is 1. The lowest BCUT2D eigenvalue weighted by Crippen LogP contribution is -2.42. The first-order valence-corrected chi connectivity index (χ1v) is 7.90. The molecule has 3 rings (SSSR count). The van der Waals surface area contributed by atoms with Gasteiger partial charge in [-0.25, -0.2) is 5.43 Å². The molecule has 0 radical (unpaired) electrons. The van der Waals surface area contributed by atoms with E-state index in [0.29, 0.717) is 22.1 Å². The van der Waals surface area contributed by atoms with E-state index < -0.39 is 18.0 Å². The molecule has 7 nitrogen and oxygen atoms in total. The molecule has 2 aromatic rings. The lowest BCUT2D eigenvalue weighted by molar-refractivity contribution is -0.254. The van der Waals surface area contributed by atoms with Crippen LogP contribution in [0, 0.1) is 0 Å². The predicted molar refractivity (Wildman–Crippen MR) is 85.4 cm³/mol. The molecule has 8 heteroatoms. The number of thiophene rings is 1. The van der Waals surface area contributed by atoms with Gasteiger partial charge < -0.3 is 19.4 Å². The van der Waals surface area contributed by atoms with E-state index >= 15 is 0 Å². The molecule has 0 unspecified atom stereocenters. The summed E-state index contributed by atoms with van der Waals surface area (Å²) in [5.74, 6) is -0.592. The Hall–Kier alpha value is -2.87. The molecule has 2 heterocycles. The molecule has 0 aliphatic carbocycles. The highest BCUT2D eigenvalue weighted by atomic mass is 32.1. The molecule has 0 fully saturated rings. The van der Waals surface area contributed by atoms with E-state index in [4.69, 9.17) is 9.47 Å². The lowest BCUT2D eigenvalue weighted by atomic mass is 10.2. The van der Waals surface area contributed by atoms with Crippen LogP contribution < -0.4 is 20.0 Å². The van der Waals surface area contributed by atoms with Crippen molar-refractivity contribution in [3.63, 3.8) is 0 Å². The van der Waals surface area contributed by atoms with Gasteiger partial charge in [-0.3, -0.25) is 4.79 Å². The van der Waals surface area contributed by atoms with Gasteiger partial charge in [0, 0.05) is 0 Å². The van der Waals surface area contributed by atoms with Gasteiger partial charge in [0.1, 0.15) is 6.61 Å². The number of hydrogen-bond acceptors (Lipinski definition) is 7. The van der Waals surface area contributed by atoms with E-state index in [-0.39, 0.29) is 11.5 Å². The minimum absolute atomic E-state index is 0.0885. The fourth-order valence-corrected chi connectivity index (χ4v) is 2.84. The van der Waals surface area contributed by atoms with E-state index in [1.165, 1.54) is 6.07 Å². The van der Waals surface area contributed by atoms with Crippen molar-refractivity contribution in [2.24, 2.45) is 5.10 Å². The van der Waals surface area contributed by atoms with E-state index in [0.717, 1.165) is 11.3 Å². The number of ether oxygens (including phenoxy) is 2. The van der Waals surface area contributed by atoms with Crippen molar-refractivity contribution in [1.29, 1.82) is 0 Å². The van der Waals surface area contributed by atoms with E-state index in [1.54, 1.807) is 31.2 Å². The molecule has 1 aliphatic rings. The third-order valence-electron chi connectivity index (χ3n) is 3.30. The van der Waals surface area contributed by atoms with Crippen LogP contribution >= 0.6 is 11.3 Å². The second-order valence-corrected chi connectivity index (χ2v) is 6.07. The number of carbonyl (C=O) groups is 2. The Bertz CT molecular complexity index is 814. The maximum absolute atomic E-state index is 12.1. The second-order valence-electron chi connectivity index (χ2n) is 4.99. The van der Waals surface area contributed by atoms with Crippen molar-refractivity contribution >= 4 is 28.9 Å². The van der Waals surface area contributed by atoms with E-state index in [1.807, 2.05) is 6.07 Å². The number of carboxylic acid groups (broad SMARTS) is 1. The number of hydrogen-bond donors (Lipinski definition) is 1. The van der Waals surface area contributed by atoms with Gasteiger partial charge in [-0.05, 0) is 31.2 Å². The largest absolute Gasteiger partial charge is 0.544 e. The first-order chi connectivity index (χ1) is 11.5. The van der Waals surface area contributed by atoms with Crippen molar-refractivity contribution in [3.8, 4) is 11.5 Å². The van der Waals surface area contributed by atoms with Crippen LogP contribution in [0.4, 0.5) is 0 Å². The van der Waals surface area contributed by atoms with Crippen LogP contribution in [0.2, 0.25) is 0 Å². The highest BCUT2D eigenvalue weighted by Crippen LogP contribution is 2.30. The Balaban J connectivity index is 1.63. The second kappa shape index (κ2) is 6.71. The standard InChI is InChI=1S/C16H14N2O5S/c1-9(13-6-7-14(24-13)16(20)21)17-18-15(19)12-8-22-10-4-2-3-5-11(10)23-12/h2-7,12H,8H2,1H3,(H,18,19)(H,20,21)/p-1/b17-9-/t12-/m1/s1. The molecule has 0 spiro atoms. The highest BCUT2D eigenvalue weighted by Gasteiger charge is 2.27. The van der Waals surface area contributed by atoms with Crippen molar-refractivity contribution in [3.05, 3.63) is 46.2 Å². The number of hydrazone groups is 1. The van der Waals surface area contributed by atoms with Crippen LogP contribution in [0.25, 0.3) is 0 Å². The van der Waals surface area contributed by atoms with Crippen molar-refractivity contribution in [1.82, 2.24) is 5.43 Å². The Kier molecular flexibility index (Phi) is 4.48. The normalized spacial score (nSPS) is 16.5. The summed E-state index contributed by atoms with van der Waals surface area (Å²) in [4.78, 5) is 23.6. The van der Waals surface area contributed by atoms with Crippen LogP contribution in [0.3, 0.4) is 0 Å². The zero-order chi connectivity index (χ0) is 17.1. The van der Waals surface area contributed by atoms with Crippen LogP contribution in [-0.4, -0.2) is 30.3 Å². The first-order valence-electron chi connectivity index (χ1n) is 7.09. The van der Waals surface area contributed by atoms with Crippen LogP contribution in [0.1, 0.15) is 21.5 Å².